The number of fused-ring (bicyclic) bond motifs is 1. The van der Waals surface area contributed by atoms with Crippen LogP contribution in [0.1, 0.15) is 24.0 Å². The van der Waals surface area contributed by atoms with E-state index in [4.69, 9.17) is 4.74 Å². The lowest BCUT2D eigenvalue weighted by Crippen LogP contribution is -2.38. The van der Waals surface area contributed by atoms with E-state index in [9.17, 15) is 5.11 Å². The smallest absolute Gasteiger partial charge is 0.147 e. The summed E-state index contributed by atoms with van der Waals surface area (Å²) < 4.78 is 20.4. The predicted octanol–water partition coefficient (Wildman–Crippen LogP) is 3.01. The quantitative estimate of drug-likeness (QED) is 0.683. The molecule has 0 radical (unpaired) electrons. The number of benzene rings is 1. The van der Waals surface area contributed by atoms with Crippen molar-refractivity contribution in [3.8, 4) is 0 Å². The van der Waals surface area contributed by atoms with E-state index < -0.39 is 6.10 Å². The molecule has 2 fully saturated rings. The molecule has 0 amide bonds. The number of anilines is 2. The Balaban J connectivity index is 1.44. The molecular formula is C21H24FN5O2S. The summed E-state index contributed by atoms with van der Waals surface area (Å²) in [5.41, 5.74) is 1.29. The Hall–Kier alpha value is -2.36. The number of hydrogen-bond acceptors (Lipinski definition) is 8. The third kappa shape index (κ3) is 3.73. The predicted molar refractivity (Wildman–Crippen MR) is 115 cm³/mol. The van der Waals surface area contributed by atoms with E-state index in [1.165, 1.54) is 11.3 Å². The van der Waals surface area contributed by atoms with Crippen molar-refractivity contribution in [1.29, 1.82) is 0 Å². The first-order chi connectivity index (χ1) is 14.7. The van der Waals surface area contributed by atoms with Gasteiger partial charge in [0.25, 0.3) is 0 Å². The van der Waals surface area contributed by atoms with Crippen molar-refractivity contribution in [2.75, 3.05) is 49.2 Å². The summed E-state index contributed by atoms with van der Waals surface area (Å²) in [6.07, 6.45) is 4.53. The van der Waals surface area contributed by atoms with Gasteiger partial charge in [-0.3, -0.25) is 0 Å². The lowest BCUT2D eigenvalue weighted by Gasteiger charge is -2.35. The SMILES string of the molecule is OC(c1nccs1)C1CCCN(c2ncnc3cc(N4CCOCC4)c(F)cc23)C1. The largest absolute Gasteiger partial charge is 0.386 e. The minimum atomic E-state index is -0.592. The molecule has 2 aromatic heterocycles. The van der Waals surface area contributed by atoms with Crippen molar-refractivity contribution < 1.29 is 14.2 Å². The van der Waals surface area contributed by atoms with E-state index in [2.05, 4.69) is 19.9 Å². The lowest BCUT2D eigenvalue weighted by molar-refractivity contribution is 0.0977. The van der Waals surface area contributed by atoms with Gasteiger partial charge in [-0.05, 0) is 25.0 Å². The molecule has 9 heteroatoms. The third-order valence-corrected chi connectivity index (χ3v) is 6.79. The number of hydrogen-bond donors (Lipinski definition) is 1. The fourth-order valence-corrected chi connectivity index (χ4v) is 5.11. The third-order valence-electron chi connectivity index (χ3n) is 5.94. The van der Waals surface area contributed by atoms with Crippen LogP contribution in [0.3, 0.4) is 0 Å². The maximum absolute atomic E-state index is 15.0. The van der Waals surface area contributed by atoms with Gasteiger partial charge in [0.1, 0.15) is 29.1 Å². The second kappa shape index (κ2) is 8.41. The number of aliphatic hydroxyl groups excluding tert-OH is 1. The van der Waals surface area contributed by atoms with Gasteiger partial charge in [0.05, 0.1) is 24.4 Å². The summed E-state index contributed by atoms with van der Waals surface area (Å²) in [6, 6.07) is 3.36. The van der Waals surface area contributed by atoms with E-state index in [0.29, 0.717) is 43.9 Å². The van der Waals surface area contributed by atoms with Gasteiger partial charge in [-0.2, -0.15) is 0 Å². The van der Waals surface area contributed by atoms with Crippen LogP contribution in [-0.2, 0) is 4.74 Å². The molecule has 2 aliphatic rings. The summed E-state index contributed by atoms with van der Waals surface area (Å²) in [6.45, 7) is 4.01. The lowest BCUT2D eigenvalue weighted by atomic mass is 9.92. The Morgan fingerprint density at radius 1 is 1.13 bits per heavy atom. The van der Waals surface area contributed by atoms with E-state index >= 15 is 4.39 Å². The topological polar surface area (TPSA) is 74.6 Å². The van der Waals surface area contributed by atoms with Crippen LogP contribution in [0, 0.1) is 11.7 Å². The van der Waals surface area contributed by atoms with Crippen LogP contribution in [-0.4, -0.2) is 59.5 Å². The monoisotopic (exact) mass is 429 g/mol. The van der Waals surface area contributed by atoms with Gasteiger partial charge in [0.2, 0.25) is 0 Å². The van der Waals surface area contributed by atoms with Gasteiger partial charge in [0, 0.05) is 49.1 Å². The molecule has 2 unspecified atom stereocenters. The summed E-state index contributed by atoms with van der Waals surface area (Å²) in [5.74, 6) is 0.521. The summed E-state index contributed by atoms with van der Waals surface area (Å²) >= 11 is 1.47. The molecule has 1 N–H and O–H groups in total. The number of ether oxygens (including phenoxy) is 1. The average molecular weight is 430 g/mol. The van der Waals surface area contributed by atoms with Crippen LogP contribution < -0.4 is 9.80 Å². The standard InChI is InChI=1S/C21H24FN5O2S/c22-16-10-15-17(11-18(16)26-5-7-29-8-6-26)24-13-25-20(15)27-4-1-2-14(12-27)19(28)21-23-3-9-30-21/h3,9-11,13-14,19,28H,1-2,4-8,12H2. The molecule has 158 valence electrons. The van der Waals surface area contributed by atoms with Gasteiger partial charge in [-0.1, -0.05) is 0 Å². The molecule has 2 aliphatic heterocycles. The summed E-state index contributed by atoms with van der Waals surface area (Å²) in [7, 11) is 0. The first-order valence-electron chi connectivity index (χ1n) is 10.3. The molecule has 30 heavy (non-hydrogen) atoms. The molecule has 0 bridgehead atoms. The van der Waals surface area contributed by atoms with Crippen molar-refractivity contribution in [3.05, 3.63) is 40.9 Å². The second-order valence-corrected chi connectivity index (χ2v) is 8.71. The van der Waals surface area contributed by atoms with Gasteiger partial charge < -0.3 is 19.6 Å². The van der Waals surface area contributed by atoms with E-state index in [1.54, 1.807) is 18.6 Å². The average Bonchev–Trinajstić information content (AvgIpc) is 3.33. The molecule has 5 rings (SSSR count). The van der Waals surface area contributed by atoms with Crippen LogP contribution in [0.15, 0.2) is 30.0 Å². The normalized spacial score (nSPS) is 21.2. The summed E-state index contributed by atoms with van der Waals surface area (Å²) in [5, 5.41) is 14.1. The molecule has 2 atom stereocenters. The first-order valence-corrected chi connectivity index (χ1v) is 11.2. The first kappa shape index (κ1) is 19.6. The van der Waals surface area contributed by atoms with E-state index in [-0.39, 0.29) is 11.7 Å². The van der Waals surface area contributed by atoms with Crippen molar-refractivity contribution in [2.24, 2.45) is 5.92 Å². The maximum Gasteiger partial charge on any atom is 0.147 e. The highest BCUT2D eigenvalue weighted by molar-refractivity contribution is 7.09. The van der Waals surface area contributed by atoms with Gasteiger partial charge in [0.15, 0.2) is 0 Å². The molecule has 7 nitrogen and oxygen atoms in total. The molecule has 0 spiro atoms. The highest BCUT2D eigenvalue weighted by Gasteiger charge is 2.30. The van der Waals surface area contributed by atoms with Crippen molar-refractivity contribution >= 4 is 33.7 Å². The van der Waals surface area contributed by atoms with Crippen LogP contribution in [0.25, 0.3) is 10.9 Å². The molecule has 2 saturated heterocycles. The number of piperidine rings is 1. The zero-order valence-electron chi connectivity index (χ0n) is 16.6. The Kier molecular flexibility index (Phi) is 5.49. The molecule has 3 aromatic rings. The van der Waals surface area contributed by atoms with Gasteiger partial charge in [-0.15, -0.1) is 11.3 Å². The zero-order chi connectivity index (χ0) is 20.5. The Morgan fingerprint density at radius 2 is 2.00 bits per heavy atom. The fraction of sp³-hybridized carbons (Fsp3) is 0.476. The molecule has 1 aromatic carbocycles. The molecular weight excluding hydrogens is 405 g/mol. The van der Waals surface area contributed by atoms with Crippen LogP contribution in [0.4, 0.5) is 15.9 Å². The Labute approximate surface area is 178 Å². The highest BCUT2D eigenvalue weighted by Crippen LogP contribution is 2.35. The van der Waals surface area contributed by atoms with Crippen LogP contribution in [0.2, 0.25) is 0 Å². The van der Waals surface area contributed by atoms with Gasteiger partial charge in [-0.25, -0.2) is 19.3 Å². The minimum Gasteiger partial charge on any atom is -0.386 e. The number of halogens is 1. The minimum absolute atomic E-state index is 0.0624. The molecule has 0 aliphatic carbocycles. The van der Waals surface area contributed by atoms with Crippen molar-refractivity contribution in [1.82, 2.24) is 15.0 Å². The Morgan fingerprint density at radius 3 is 2.80 bits per heavy atom. The van der Waals surface area contributed by atoms with E-state index in [0.717, 1.165) is 35.7 Å². The number of thiazole rings is 1. The van der Waals surface area contributed by atoms with Crippen molar-refractivity contribution in [3.63, 3.8) is 0 Å². The number of nitrogens with zero attached hydrogens (tertiary/aromatic N) is 5. The van der Waals surface area contributed by atoms with Crippen molar-refractivity contribution in [2.45, 2.75) is 18.9 Å². The number of aliphatic hydroxyl groups is 1. The van der Waals surface area contributed by atoms with E-state index in [1.807, 2.05) is 16.3 Å². The molecule has 4 heterocycles. The van der Waals surface area contributed by atoms with Gasteiger partial charge >= 0.3 is 0 Å². The number of rotatable bonds is 4. The van der Waals surface area contributed by atoms with Crippen LogP contribution >= 0.6 is 11.3 Å². The fourth-order valence-electron chi connectivity index (χ4n) is 4.39. The maximum atomic E-state index is 15.0. The zero-order valence-corrected chi connectivity index (χ0v) is 17.4. The second-order valence-electron chi connectivity index (χ2n) is 7.78. The summed E-state index contributed by atoms with van der Waals surface area (Å²) in [4.78, 5) is 17.3. The highest BCUT2D eigenvalue weighted by atomic mass is 32.1. The Bertz CT molecular complexity index is 1010. The van der Waals surface area contributed by atoms with Crippen LogP contribution in [0.5, 0.6) is 0 Å². The number of aromatic nitrogens is 3. The molecule has 0 saturated carbocycles. The number of morpholine rings is 1.